The van der Waals surface area contributed by atoms with E-state index in [1.165, 1.54) is 116 Å². The van der Waals surface area contributed by atoms with Crippen LogP contribution in [0.15, 0.2) is 60.8 Å². The van der Waals surface area contributed by atoms with Crippen LogP contribution in [0.4, 0.5) is 0 Å². The molecule has 0 aromatic heterocycles. The summed E-state index contributed by atoms with van der Waals surface area (Å²) in [6.45, 7) is 4.42. The smallest absolute Gasteiger partial charge is 0.462 e. The highest BCUT2D eigenvalue weighted by Gasteiger charge is 2.28. The number of esters is 3. The molecule has 0 saturated carbocycles. The SMILES string of the molecule is CC/C=C\C/C=C\C/C=C\C/C=C\CCC(=O)OC(COC(=O)CCCCCCCCCCC/C=C\CCCCCCCC)COP(=O)(O)OCC(CO)OC(=O)CCCCCCCCCCC. The molecule has 68 heavy (non-hydrogen) atoms. The first kappa shape index (κ1) is 65.2. The fraction of sp³-hybridized carbons (Fsp3) is 0.768. The van der Waals surface area contributed by atoms with Gasteiger partial charge in [0, 0.05) is 19.3 Å². The van der Waals surface area contributed by atoms with E-state index in [0.717, 1.165) is 64.2 Å². The van der Waals surface area contributed by atoms with Crippen molar-refractivity contribution in [2.24, 2.45) is 0 Å². The maximum Gasteiger partial charge on any atom is 0.472 e. The Kier molecular flexibility index (Phi) is 48.5. The third-order valence-corrected chi connectivity index (χ3v) is 12.4. The van der Waals surface area contributed by atoms with Crippen LogP contribution >= 0.6 is 7.82 Å². The molecule has 0 aromatic carbocycles. The molecular weight excluding hydrogens is 880 g/mol. The monoisotopic (exact) mass is 979 g/mol. The number of hydrogen-bond acceptors (Lipinski definition) is 10. The van der Waals surface area contributed by atoms with E-state index in [1.54, 1.807) is 0 Å². The number of hydrogen-bond donors (Lipinski definition) is 2. The Labute approximate surface area is 415 Å². The van der Waals surface area contributed by atoms with Crippen LogP contribution < -0.4 is 0 Å². The van der Waals surface area contributed by atoms with Crippen LogP contribution in [0.2, 0.25) is 0 Å². The van der Waals surface area contributed by atoms with Crippen molar-refractivity contribution in [2.75, 3.05) is 26.4 Å². The quantitative estimate of drug-likeness (QED) is 0.0197. The van der Waals surface area contributed by atoms with E-state index in [1.807, 2.05) is 12.2 Å². The number of rotatable bonds is 50. The van der Waals surface area contributed by atoms with E-state index in [2.05, 4.69) is 69.4 Å². The average molecular weight is 979 g/mol. The lowest BCUT2D eigenvalue weighted by molar-refractivity contribution is -0.161. The molecule has 0 spiro atoms. The Balaban J connectivity index is 4.75. The van der Waals surface area contributed by atoms with Crippen molar-refractivity contribution in [1.82, 2.24) is 0 Å². The normalized spacial score (nSPS) is 13.9. The van der Waals surface area contributed by atoms with Gasteiger partial charge in [0.05, 0.1) is 19.8 Å². The molecule has 0 saturated heterocycles. The van der Waals surface area contributed by atoms with Crippen molar-refractivity contribution < 1.29 is 52.2 Å². The molecule has 2 N–H and O–H groups in total. The van der Waals surface area contributed by atoms with Gasteiger partial charge in [0.15, 0.2) is 6.10 Å². The maximum absolute atomic E-state index is 12.8. The van der Waals surface area contributed by atoms with Gasteiger partial charge in [0.25, 0.3) is 0 Å². The average Bonchev–Trinajstić information content (AvgIpc) is 3.32. The Morgan fingerprint density at radius 2 is 0.794 bits per heavy atom. The standard InChI is InChI=1S/C56H99O11P/c1-4-7-10-13-16-19-21-23-24-25-26-27-28-30-31-34-36-39-42-45-54(58)63-49-53(67-56(60)47-44-41-38-35-32-29-22-20-17-14-11-8-5-2)51-65-68(61,62)64-50-52(48-57)66-55(59)46-43-40-37-33-18-15-12-9-6-3/h8,11,17,20,23-24,29,32,38,41,52-53,57H,4-7,9-10,12-16,18-19,21-22,25-28,30-31,33-37,39-40,42-51H2,1-3H3,(H,61,62)/b11-8-,20-17-,24-23-,32-29-,41-38-. The molecule has 12 heteroatoms. The van der Waals surface area contributed by atoms with E-state index in [4.69, 9.17) is 23.3 Å². The number of aliphatic hydroxyl groups is 1. The van der Waals surface area contributed by atoms with Gasteiger partial charge in [-0.3, -0.25) is 23.4 Å². The van der Waals surface area contributed by atoms with Gasteiger partial charge < -0.3 is 24.2 Å². The van der Waals surface area contributed by atoms with Gasteiger partial charge in [-0.25, -0.2) is 4.57 Å². The van der Waals surface area contributed by atoms with E-state index in [0.29, 0.717) is 19.3 Å². The fourth-order valence-corrected chi connectivity index (χ4v) is 8.09. The largest absolute Gasteiger partial charge is 0.472 e. The zero-order valence-corrected chi connectivity index (χ0v) is 44.2. The molecule has 0 aromatic rings. The molecule has 0 fully saturated rings. The third kappa shape index (κ3) is 48.2. The summed E-state index contributed by atoms with van der Waals surface area (Å²) in [5.41, 5.74) is 0. The third-order valence-electron chi connectivity index (χ3n) is 11.4. The van der Waals surface area contributed by atoms with Crippen LogP contribution in [-0.4, -0.2) is 66.5 Å². The topological polar surface area (TPSA) is 155 Å². The summed E-state index contributed by atoms with van der Waals surface area (Å²) in [6.07, 6.45) is 53.6. The molecule has 0 heterocycles. The first-order valence-corrected chi connectivity index (χ1v) is 28.7. The Morgan fingerprint density at radius 1 is 0.426 bits per heavy atom. The summed E-state index contributed by atoms with van der Waals surface area (Å²) in [4.78, 5) is 48.2. The molecule has 3 unspecified atom stereocenters. The molecule has 11 nitrogen and oxygen atoms in total. The Morgan fingerprint density at radius 3 is 1.26 bits per heavy atom. The molecular formula is C56H99O11P. The molecule has 0 rings (SSSR count). The summed E-state index contributed by atoms with van der Waals surface area (Å²) < 4.78 is 39.2. The number of carbonyl (C=O) groups is 3. The first-order chi connectivity index (χ1) is 33.2. The van der Waals surface area contributed by atoms with Crippen molar-refractivity contribution in [2.45, 2.75) is 251 Å². The molecule has 394 valence electrons. The Bertz CT molecular complexity index is 1370. The molecule has 0 bridgehead atoms. The van der Waals surface area contributed by atoms with Gasteiger partial charge in [0.2, 0.25) is 0 Å². The predicted octanol–water partition coefficient (Wildman–Crippen LogP) is 15.6. The lowest BCUT2D eigenvalue weighted by Crippen LogP contribution is -2.30. The highest BCUT2D eigenvalue weighted by Crippen LogP contribution is 2.43. The van der Waals surface area contributed by atoms with Gasteiger partial charge in [0.1, 0.15) is 12.7 Å². The summed E-state index contributed by atoms with van der Waals surface area (Å²) in [7, 11) is -4.75. The number of allylic oxidation sites excluding steroid dienone is 10. The zero-order valence-electron chi connectivity index (χ0n) is 43.3. The van der Waals surface area contributed by atoms with Crippen LogP contribution in [-0.2, 0) is 42.2 Å². The van der Waals surface area contributed by atoms with Crippen molar-refractivity contribution in [3.05, 3.63) is 60.8 Å². The highest BCUT2D eigenvalue weighted by atomic mass is 31.2. The van der Waals surface area contributed by atoms with Crippen LogP contribution in [0.25, 0.3) is 0 Å². The minimum Gasteiger partial charge on any atom is -0.462 e. The van der Waals surface area contributed by atoms with Crippen LogP contribution in [0.5, 0.6) is 0 Å². The minimum atomic E-state index is -4.75. The second-order valence-electron chi connectivity index (χ2n) is 18.0. The number of carbonyl (C=O) groups excluding carboxylic acids is 3. The number of aliphatic hydroxyl groups excluding tert-OH is 1. The van der Waals surface area contributed by atoms with Crippen molar-refractivity contribution in [3.63, 3.8) is 0 Å². The molecule has 0 radical (unpaired) electrons. The number of unbranched alkanes of at least 4 members (excludes halogenated alkanes) is 23. The maximum atomic E-state index is 12.8. The second-order valence-corrected chi connectivity index (χ2v) is 19.5. The molecule has 0 amide bonds. The van der Waals surface area contributed by atoms with Crippen molar-refractivity contribution in [3.8, 4) is 0 Å². The van der Waals surface area contributed by atoms with Crippen LogP contribution in [0.1, 0.15) is 239 Å². The van der Waals surface area contributed by atoms with Crippen LogP contribution in [0, 0.1) is 0 Å². The van der Waals surface area contributed by atoms with Crippen molar-refractivity contribution >= 4 is 25.7 Å². The second kappa shape index (κ2) is 50.6. The predicted molar refractivity (Wildman–Crippen MR) is 279 cm³/mol. The summed E-state index contributed by atoms with van der Waals surface area (Å²) in [5.74, 6) is -1.56. The number of ether oxygens (including phenoxy) is 3. The first-order valence-electron chi connectivity index (χ1n) is 27.2. The highest BCUT2D eigenvalue weighted by molar-refractivity contribution is 7.47. The van der Waals surface area contributed by atoms with Crippen LogP contribution in [0.3, 0.4) is 0 Å². The number of phosphoric ester groups is 1. The van der Waals surface area contributed by atoms with E-state index >= 15 is 0 Å². The fourth-order valence-electron chi connectivity index (χ4n) is 7.31. The van der Waals surface area contributed by atoms with E-state index in [-0.39, 0.29) is 25.9 Å². The zero-order chi connectivity index (χ0) is 49.9. The van der Waals surface area contributed by atoms with Gasteiger partial charge in [-0.2, -0.15) is 0 Å². The van der Waals surface area contributed by atoms with Gasteiger partial charge in [-0.05, 0) is 70.6 Å². The molecule has 0 aliphatic carbocycles. The minimum absolute atomic E-state index is 0.0469. The van der Waals surface area contributed by atoms with Gasteiger partial charge in [-0.1, -0.05) is 210 Å². The Hall–Kier alpha value is -2.82. The lowest BCUT2D eigenvalue weighted by Gasteiger charge is -2.21. The molecule has 0 aliphatic rings. The van der Waals surface area contributed by atoms with E-state index < -0.39 is 57.8 Å². The lowest BCUT2D eigenvalue weighted by atomic mass is 10.1. The van der Waals surface area contributed by atoms with Crippen molar-refractivity contribution in [1.29, 1.82) is 0 Å². The summed E-state index contributed by atoms with van der Waals surface area (Å²) in [5, 5.41) is 9.75. The van der Waals surface area contributed by atoms with Gasteiger partial charge in [-0.15, -0.1) is 0 Å². The molecule has 0 aliphatic heterocycles. The summed E-state index contributed by atoms with van der Waals surface area (Å²) >= 11 is 0. The number of phosphoric acid groups is 1. The van der Waals surface area contributed by atoms with Gasteiger partial charge >= 0.3 is 25.7 Å². The summed E-state index contributed by atoms with van der Waals surface area (Å²) in [6, 6.07) is 0. The van der Waals surface area contributed by atoms with E-state index in [9.17, 15) is 28.9 Å². The molecule has 3 atom stereocenters.